The molecule has 0 bridgehead atoms. The van der Waals surface area contributed by atoms with E-state index in [1.54, 1.807) is 37.3 Å². The van der Waals surface area contributed by atoms with E-state index < -0.39 is 21.8 Å². The standard InChI is InChI=1S/C16H15N3O4S/c1-11-10-12(6-7-17-11)18-24(22,23)9-8-19-15(20)13-4-2-3-5-14(13)16(19)21/h2-7,10H,8-9H2,1H3,(H,17,18). The van der Waals surface area contributed by atoms with Crippen molar-refractivity contribution in [3.05, 3.63) is 59.4 Å². The number of anilines is 1. The largest absolute Gasteiger partial charge is 0.283 e. The van der Waals surface area contributed by atoms with Gasteiger partial charge < -0.3 is 0 Å². The van der Waals surface area contributed by atoms with E-state index in [0.717, 1.165) is 4.90 Å². The molecule has 0 fully saturated rings. The molecule has 124 valence electrons. The highest BCUT2D eigenvalue weighted by atomic mass is 32.2. The van der Waals surface area contributed by atoms with Crippen LogP contribution in [0.15, 0.2) is 42.6 Å². The lowest BCUT2D eigenvalue weighted by Gasteiger charge is -2.14. The van der Waals surface area contributed by atoms with Crippen molar-refractivity contribution >= 4 is 27.5 Å². The Morgan fingerprint density at radius 1 is 1.08 bits per heavy atom. The van der Waals surface area contributed by atoms with Gasteiger partial charge in [-0.15, -0.1) is 0 Å². The normalized spacial score (nSPS) is 14.0. The van der Waals surface area contributed by atoms with Crippen molar-refractivity contribution < 1.29 is 18.0 Å². The molecule has 0 atom stereocenters. The second-order valence-corrected chi connectivity index (χ2v) is 7.26. The summed E-state index contributed by atoms with van der Waals surface area (Å²) < 4.78 is 26.8. The third-order valence-corrected chi connectivity index (χ3v) is 4.90. The average Bonchev–Trinajstić information content (AvgIpc) is 2.77. The second-order valence-electron chi connectivity index (χ2n) is 5.41. The molecule has 1 aromatic carbocycles. The molecule has 0 radical (unpaired) electrons. The Hall–Kier alpha value is -2.74. The van der Waals surface area contributed by atoms with Crippen LogP contribution in [0.25, 0.3) is 0 Å². The average molecular weight is 345 g/mol. The van der Waals surface area contributed by atoms with Gasteiger partial charge in [0, 0.05) is 18.4 Å². The molecular weight excluding hydrogens is 330 g/mol. The third kappa shape index (κ3) is 3.13. The highest BCUT2D eigenvalue weighted by Crippen LogP contribution is 2.22. The summed E-state index contributed by atoms with van der Waals surface area (Å²) in [4.78, 5) is 29.4. The predicted molar refractivity (Wildman–Crippen MR) is 88.2 cm³/mol. The fourth-order valence-electron chi connectivity index (χ4n) is 2.49. The van der Waals surface area contributed by atoms with Gasteiger partial charge in [0.15, 0.2) is 0 Å². The van der Waals surface area contributed by atoms with Crippen molar-refractivity contribution in [2.24, 2.45) is 0 Å². The highest BCUT2D eigenvalue weighted by molar-refractivity contribution is 7.92. The maximum atomic E-state index is 12.2. The predicted octanol–water partition coefficient (Wildman–Crippen LogP) is 1.43. The summed E-state index contributed by atoms with van der Waals surface area (Å²) in [5.41, 5.74) is 1.68. The zero-order valence-electron chi connectivity index (χ0n) is 12.9. The lowest BCUT2D eigenvalue weighted by molar-refractivity contribution is 0.0664. The molecule has 0 saturated heterocycles. The minimum atomic E-state index is -3.70. The summed E-state index contributed by atoms with van der Waals surface area (Å²) in [5, 5.41) is 0. The van der Waals surface area contributed by atoms with Crippen LogP contribution in [0.5, 0.6) is 0 Å². The van der Waals surface area contributed by atoms with Gasteiger partial charge in [0.2, 0.25) is 10.0 Å². The van der Waals surface area contributed by atoms with E-state index >= 15 is 0 Å². The van der Waals surface area contributed by atoms with Crippen LogP contribution in [0.3, 0.4) is 0 Å². The topological polar surface area (TPSA) is 96.4 Å². The van der Waals surface area contributed by atoms with Gasteiger partial charge in [0.1, 0.15) is 0 Å². The van der Waals surface area contributed by atoms with E-state index in [-0.39, 0.29) is 12.3 Å². The minimum Gasteiger partial charge on any atom is -0.283 e. The summed E-state index contributed by atoms with van der Waals surface area (Å²) in [5.74, 6) is -1.31. The smallest absolute Gasteiger partial charge is 0.261 e. The minimum absolute atomic E-state index is 0.203. The fourth-order valence-corrected chi connectivity index (χ4v) is 3.50. The molecule has 3 rings (SSSR count). The van der Waals surface area contributed by atoms with Gasteiger partial charge >= 0.3 is 0 Å². The Labute approximate surface area is 139 Å². The fraction of sp³-hybridized carbons (Fsp3) is 0.188. The summed E-state index contributed by atoms with van der Waals surface area (Å²) in [6.45, 7) is 1.54. The molecule has 2 amide bonds. The summed E-state index contributed by atoms with van der Waals surface area (Å²) in [6.07, 6.45) is 1.50. The van der Waals surface area contributed by atoms with E-state index in [1.807, 2.05) is 0 Å². The van der Waals surface area contributed by atoms with Crippen LogP contribution in [-0.2, 0) is 10.0 Å². The van der Waals surface area contributed by atoms with Gasteiger partial charge in [-0.25, -0.2) is 8.42 Å². The molecule has 0 unspecified atom stereocenters. The van der Waals surface area contributed by atoms with E-state index in [0.29, 0.717) is 22.5 Å². The highest BCUT2D eigenvalue weighted by Gasteiger charge is 2.35. The first-order valence-electron chi connectivity index (χ1n) is 7.26. The molecule has 24 heavy (non-hydrogen) atoms. The molecule has 0 aliphatic carbocycles. The van der Waals surface area contributed by atoms with E-state index in [4.69, 9.17) is 0 Å². The number of carbonyl (C=O) groups excluding carboxylic acids is 2. The van der Waals surface area contributed by atoms with E-state index in [1.165, 1.54) is 12.3 Å². The molecule has 1 N–H and O–H groups in total. The zero-order chi connectivity index (χ0) is 17.3. The molecule has 0 saturated carbocycles. The molecule has 1 aliphatic rings. The van der Waals surface area contributed by atoms with Gasteiger partial charge in [0.25, 0.3) is 11.8 Å². The zero-order valence-corrected chi connectivity index (χ0v) is 13.7. The van der Waals surface area contributed by atoms with Crippen LogP contribution in [0.1, 0.15) is 26.4 Å². The van der Waals surface area contributed by atoms with Gasteiger partial charge in [-0.2, -0.15) is 0 Å². The maximum Gasteiger partial charge on any atom is 0.261 e. The van der Waals surface area contributed by atoms with E-state index in [9.17, 15) is 18.0 Å². The van der Waals surface area contributed by atoms with Gasteiger partial charge in [-0.3, -0.25) is 24.2 Å². The molecule has 2 heterocycles. The number of sulfonamides is 1. The number of rotatable bonds is 5. The number of amides is 2. The molecule has 1 aliphatic heterocycles. The molecule has 0 spiro atoms. The summed E-state index contributed by atoms with van der Waals surface area (Å²) in [7, 11) is -3.70. The SMILES string of the molecule is Cc1cc(NS(=O)(=O)CCN2C(=O)c3ccccc3C2=O)ccn1. The summed E-state index contributed by atoms with van der Waals surface area (Å²) >= 11 is 0. The number of aryl methyl sites for hydroxylation is 1. The first-order valence-corrected chi connectivity index (χ1v) is 8.91. The molecular formula is C16H15N3O4S. The Balaban J connectivity index is 1.70. The lowest BCUT2D eigenvalue weighted by Crippen LogP contribution is -2.35. The van der Waals surface area contributed by atoms with Crippen molar-refractivity contribution in [1.82, 2.24) is 9.88 Å². The Morgan fingerprint density at radius 3 is 2.29 bits per heavy atom. The number of fused-ring (bicyclic) bond motifs is 1. The van der Waals surface area contributed by atoms with Gasteiger partial charge in [0.05, 0.1) is 22.6 Å². The molecule has 8 heteroatoms. The number of nitrogens with one attached hydrogen (secondary N) is 1. The van der Waals surface area contributed by atoms with Crippen LogP contribution in [0, 0.1) is 6.92 Å². The Morgan fingerprint density at radius 2 is 1.71 bits per heavy atom. The van der Waals surface area contributed by atoms with Crippen LogP contribution in [0.2, 0.25) is 0 Å². The van der Waals surface area contributed by atoms with Crippen LogP contribution in [-0.4, -0.2) is 42.4 Å². The quantitative estimate of drug-likeness (QED) is 0.827. The summed E-state index contributed by atoms with van der Waals surface area (Å²) in [6, 6.07) is 9.57. The number of carbonyl (C=O) groups is 2. The third-order valence-electron chi connectivity index (χ3n) is 3.63. The van der Waals surface area contributed by atoms with Gasteiger partial charge in [-0.1, -0.05) is 12.1 Å². The number of nitrogens with zero attached hydrogens (tertiary/aromatic N) is 2. The number of hydrogen-bond donors (Lipinski definition) is 1. The molecule has 1 aromatic heterocycles. The Kier molecular flexibility index (Phi) is 4.06. The van der Waals surface area contributed by atoms with Gasteiger partial charge in [-0.05, 0) is 31.2 Å². The van der Waals surface area contributed by atoms with Crippen LogP contribution < -0.4 is 4.72 Å². The van der Waals surface area contributed by atoms with E-state index in [2.05, 4.69) is 9.71 Å². The van der Waals surface area contributed by atoms with Crippen LogP contribution >= 0.6 is 0 Å². The second kappa shape index (κ2) is 6.04. The Bertz CT molecular complexity index is 889. The van der Waals surface area contributed by atoms with Crippen molar-refractivity contribution in [3.8, 4) is 0 Å². The molecule has 7 nitrogen and oxygen atoms in total. The monoisotopic (exact) mass is 345 g/mol. The molecule has 2 aromatic rings. The van der Waals surface area contributed by atoms with Crippen molar-refractivity contribution in [1.29, 1.82) is 0 Å². The van der Waals surface area contributed by atoms with Crippen LogP contribution in [0.4, 0.5) is 5.69 Å². The number of pyridine rings is 1. The number of imide groups is 1. The number of aromatic nitrogens is 1. The maximum absolute atomic E-state index is 12.2. The number of hydrogen-bond acceptors (Lipinski definition) is 5. The first-order chi connectivity index (χ1) is 11.4. The van der Waals surface area contributed by atoms with Crippen molar-refractivity contribution in [3.63, 3.8) is 0 Å². The van der Waals surface area contributed by atoms with Crippen molar-refractivity contribution in [2.45, 2.75) is 6.92 Å². The number of benzene rings is 1. The van der Waals surface area contributed by atoms with Crippen molar-refractivity contribution in [2.75, 3.05) is 17.0 Å². The lowest BCUT2D eigenvalue weighted by atomic mass is 10.1. The first kappa shape index (κ1) is 16.1.